The monoisotopic (exact) mass is 324 g/mol. The van der Waals surface area contributed by atoms with E-state index in [1.165, 1.54) is 5.56 Å². The molecule has 2 N–H and O–H groups in total. The van der Waals surface area contributed by atoms with Gasteiger partial charge in [0.05, 0.1) is 0 Å². The van der Waals surface area contributed by atoms with Gasteiger partial charge in [0.1, 0.15) is 17.5 Å². The third-order valence-corrected chi connectivity index (χ3v) is 3.50. The summed E-state index contributed by atoms with van der Waals surface area (Å²) >= 11 is 5.90. The minimum absolute atomic E-state index is 0.694. The van der Waals surface area contributed by atoms with Crippen molar-refractivity contribution in [3.63, 3.8) is 0 Å². The molecule has 0 amide bonds. The first-order valence-electron chi connectivity index (χ1n) is 7.30. The van der Waals surface area contributed by atoms with Gasteiger partial charge in [-0.15, -0.1) is 0 Å². The highest BCUT2D eigenvalue weighted by Crippen LogP contribution is 2.22. The number of nitrogens with zero attached hydrogens (tertiary/aromatic N) is 2. The van der Waals surface area contributed by atoms with Gasteiger partial charge in [-0.2, -0.15) is 0 Å². The molecule has 0 aliphatic carbocycles. The summed E-state index contributed by atoms with van der Waals surface area (Å²) in [6.45, 7) is 3.93. The van der Waals surface area contributed by atoms with Crippen LogP contribution in [0.2, 0.25) is 5.02 Å². The van der Waals surface area contributed by atoms with E-state index in [2.05, 4.69) is 39.7 Å². The van der Waals surface area contributed by atoms with Crippen LogP contribution in [0.4, 0.5) is 23.0 Å². The van der Waals surface area contributed by atoms with E-state index in [0.717, 1.165) is 23.0 Å². The Hall–Kier alpha value is -2.59. The van der Waals surface area contributed by atoms with Crippen molar-refractivity contribution in [1.82, 2.24) is 9.97 Å². The Morgan fingerprint density at radius 3 is 2.09 bits per heavy atom. The molecule has 23 heavy (non-hydrogen) atoms. The molecule has 3 aromatic rings. The van der Waals surface area contributed by atoms with Crippen molar-refractivity contribution in [1.29, 1.82) is 0 Å². The number of aryl methyl sites for hydroxylation is 2. The molecule has 0 spiro atoms. The van der Waals surface area contributed by atoms with Gasteiger partial charge in [-0.3, -0.25) is 0 Å². The molecule has 4 nitrogen and oxygen atoms in total. The minimum atomic E-state index is 0.694. The zero-order valence-electron chi connectivity index (χ0n) is 13.0. The Balaban J connectivity index is 1.82. The van der Waals surface area contributed by atoms with Crippen LogP contribution < -0.4 is 10.6 Å². The normalized spacial score (nSPS) is 10.4. The largest absolute Gasteiger partial charge is 0.340 e. The quantitative estimate of drug-likeness (QED) is 0.689. The van der Waals surface area contributed by atoms with Gasteiger partial charge < -0.3 is 10.6 Å². The summed E-state index contributed by atoms with van der Waals surface area (Å²) in [4.78, 5) is 8.85. The minimum Gasteiger partial charge on any atom is -0.340 e. The lowest BCUT2D eigenvalue weighted by Gasteiger charge is -2.10. The molecule has 0 bridgehead atoms. The molecule has 0 saturated carbocycles. The topological polar surface area (TPSA) is 49.8 Å². The molecule has 0 atom stereocenters. The van der Waals surface area contributed by atoms with Crippen molar-refractivity contribution in [2.75, 3.05) is 10.6 Å². The number of nitrogens with one attached hydrogen (secondary N) is 2. The molecule has 0 saturated heterocycles. The Morgan fingerprint density at radius 1 is 0.783 bits per heavy atom. The zero-order valence-corrected chi connectivity index (χ0v) is 13.7. The third kappa shape index (κ3) is 4.20. The zero-order chi connectivity index (χ0) is 16.2. The van der Waals surface area contributed by atoms with Crippen molar-refractivity contribution in [3.8, 4) is 0 Å². The molecule has 1 aromatic heterocycles. The number of hydrogen-bond donors (Lipinski definition) is 2. The van der Waals surface area contributed by atoms with Crippen LogP contribution in [0.3, 0.4) is 0 Å². The van der Waals surface area contributed by atoms with E-state index in [-0.39, 0.29) is 0 Å². The van der Waals surface area contributed by atoms with E-state index < -0.39 is 0 Å². The third-order valence-electron chi connectivity index (χ3n) is 3.25. The number of benzene rings is 2. The molecule has 3 rings (SSSR count). The summed E-state index contributed by atoms with van der Waals surface area (Å²) in [6, 6.07) is 17.5. The van der Waals surface area contributed by atoms with Gasteiger partial charge in [-0.1, -0.05) is 23.7 Å². The summed E-state index contributed by atoms with van der Waals surface area (Å²) < 4.78 is 0. The number of halogens is 1. The second kappa shape index (κ2) is 6.67. The molecule has 0 unspecified atom stereocenters. The summed E-state index contributed by atoms with van der Waals surface area (Å²) in [7, 11) is 0. The van der Waals surface area contributed by atoms with Crippen LogP contribution in [0.15, 0.2) is 54.6 Å². The Bertz CT molecular complexity index is 816. The molecular formula is C18H17ClN4. The maximum Gasteiger partial charge on any atom is 0.136 e. The Labute approximate surface area is 140 Å². The Morgan fingerprint density at radius 2 is 1.43 bits per heavy atom. The summed E-state index contributed by atoms with van der Waals surface area (Å²) in [5.74, 6) is 2.17. The fourth-order valence-electron chi connectivity index (χ4n) is 2.25. The average Bonchev–Trinajstić information content (AvgIpc) is 2.49. The van der Waals surface area contributed by atoms with Gasteiger partial charge >= 0.3 is 0 Å². The summed E-state index contributed by atoms with van der Waals surface area (Å²) in [6.07, 6.45) is 0. The molecule has 5 heteroatoms. The maximum atomic E-state index is 5.90. The molecule has 1 heterocycles. The summed E-state index contributed by atoms with van der Waals surface area (Å²) in [5.41, 5.74) is 3.12. The maximum absolute atomic E-state index is 5.90. The highest BCUT2D eigenvalue weighted by molar-refractivity contribution is 6.30. The molecule has 2 aromatic carbocycles. The first-order chi connectivity index (χ1) is 11.1. The lowest BCUT2D eigenvalue weighted by Crippen LogP contribution is -2.01. The van der Waals surface area contributed by atoms with Gasteiger partial charge in [0.2, 0.25) is 0 Å². The van der Waals surface area contributed by atoms with Gasteiger partial charge in [0.15, 0.2) is 0 Å². The van der Waals surface area contributed by atoms with Crippen LogP contribution in [-0.4, -0.2) is 9.97 Å². The fraction of sp³-hybridized carbons (Fsp3) is 0.111. The van der Waals surface area contributed by atoms with Gasteiger partial charge in [0.25, 0.3) is 0 Å². The lowest BCUT2D eigenvalue weighted by atomic mass is 10.2. The van der Waals surface area contributed by atoms with Crippen molar-refractivity contribution >= 4 is 34.6 Å². The van der Waals surface area contributed by atoms with Crippen molar-refractivity contribution in [2.45, 2.75) is 13.8 Å². The van der Waals surface area contributed by atoms with Gasteiger partial charge in [0, 0.05) is 22.5 Å². The second-order valence-corrected chi connectivity index (χ2v) is 5.75. The Kier molecular flexibility index (Phi) is 4.44. The van der Waals surface area contributed by atoms with Crippen molar-refractivity contribution in [3.05, 3.63) is 71.0 Å². The van der Waals surface area contributed by atoms with Crippen LogP contribution in [0.5, 0.6) is 0 Å². The first kappa shape index (κ1) is 15.3. The molecule has 0 aliphatic rings. The highest BCUT2D eigenvalue weighted by Gasteiger charge is 2.03. The fourth-order valence-corrected chi connectivity index (χ4v) is 2.37. The van der Waals surface area contributed by atoms with E-state index in [0.29, 0.717) is 10.8 Å². The predicted octanol–water partition coefficient (Wildman–Crippen LogP) is 5.23. The smallest absolute Gasteiger partial charge is 0.136 e. The molecular weight excluding hydrogens is 308 g/mol. The van der Waals surface area contributed by atoms with E-state index >= 15 is 0 Å². The van der Waals surface area contributed by atoms with Crippen LogP contribution in [0.1, 0.15) is 11.4 Å². The van der Waals surface area contributed by atoms with Crippen LogP contribution in [0, 0.1) is 13.8 Å². The van der Waals surface area contributed by atoms with Crippen LogP contribution in [-0.2, 0) is 0 Å². The van der Waals surface area contributed by atoms with Gasteiger partial charge in [-0.25, -0.2) is 9.97 Å². The number of hydrogen-bond acceptors (Lipinski definition) is 4. The SMILES string of the molecule is Cc1cccc(Nc2cc(Nc3ccc(Cl)cc3)nc(C)n2)c1. The predicted molar refractivity (Wildman–Crippen MR) is 96.0 cm³/mol. The average molecular weight is 325 g/mol. The number of rotatable bonds is 4. The van der Waals surface area contributed by atoms with Gasteiger partial charge in [-0.05, 0) is 55.8 Å². The highest BCUT2D eigenvalue weighted by atomic mass is 35.5. The van der Waals surface area contributed by atoms with E-state index in [1.54, 1.807) is 0 Å². The van der Waals surface area contributed by atoms with E-state index in [9.17, 15) is 0 Å². The van der Waals surface area contributed by atoms with Crippen molar-refractivity contribution < 1.29 is 0 Å². The van der Waals surface area contributed by atoms with Crippen molar-refractivity contribution in [2.24, 2.45) is 0 Å². The molecule has 0 fully saturated rings. The molecule has 0 radical (unpaired) electrons. The summed E-state index contributed by atoms with van der Waals surface area (Å²) in [5, 5.41) is 7.27. The van der Waals surface area contributed by atoms with Crippen LogP contribution in [0.25, 0.3) is 0 Å². The standard InChI is InChI=1S/C18H17ClN4/c1-12-4-3-5-16(10-12)23-18-11-17(20-13(2)21-18)22-15-8-6-14(19)7-9-15/h3-11H,1-2H3,(H2,20,21,22,23). The second-order valence-electron chi connectivity index (χ2n) is 5.31. The number of aromatic nitrogens is 2. The lowest BCUT2D eigenvalue weighted by molar-refractivity contribution is 1.06. The van der Waals surface area contributed by atoms with Crippen LogP contribution >= 0.6 is 11.6 Å². The molecule has 116 valence electrons. The molecule has 0 aliphatic heterocycles. The number of anilines is 4. The first-order valence-corrected chi connectivity index (χ1v) is 7.68. The van der Waals surface area contributed by atoms with E-state index in [4.69, 9.17) is 11.6 Å². The van der Waals surface area contributed by atoms with E-state index in [1.807, 2.05) is 49.4 Å².